The summed E-state index contributed by atoms with van der Waals surface area (Å²) in [6.45, 7) is -0.658. The van der Waals surface area contributed by atoms with Gasteiger partial charge in [0.15, 0.2) is 0 Å². The average Bonchev–Trinajstić information content (AvgIpc) is 2.55. The molecule has 0 aromatic carbocycles. The van der Waals surface area contributed by atoms with Crippen molar-refractivity contribution in [2.24, 2.45) is 11.5 Å². The smallest absolute Gasteiger partial charge is 0.322 e. The molecule has 13 heteroatoms. The number of carbonyl (C=O) groups excluding carboxylic acids is 2. The average molecular weight is 394 g/mol. The molecule has 0 spiro atoms. The number of hydrogen-bond donors (Lipinski definition) is 7. The standard InChI is InChI=1S/C13H22N4O8S/c14-6(12(22)23)1-2-9(18)17-8(11(21)16-3-10(19)20)5-26-4-7(15)13(24)25/h6-8H,1-5,14-15H2,(H,16,21)(H,17,18)(H,19,20)(H,22,23)(H,24,25)/t6-,7+,8-/m1/s1. The van der Waals surface area contributed by atoms with E-state index in [-0.39, 0.29) is 24.3 Å². The summed E-state index contributed by atoms with van der Waals surface area (Å²) >= 11 is 0.984. The minimum Gasteiger partial charge on any atom is -0.480 e. The van der Waals surface area contributed by atoms with Crippen LogP contribution in [0.5, 0.6) is 0 Å². The fraction of sp³-hybridized carbons (Fsp3) is 0.615. The summed E-state index contributed by atoms with van der Waals surface area (Å²) < 4.78 is 0. The van der Waals surface area contributed by atoms with Gasteiger partial charge < -0.3 is 37.4 Å². The summed E-state index contributed by atoms with van der Waals surface area (Å²) in [5.41, 5.74) is 10.6. The molecule has 0 bridgehead atoms. The third kappa shape index (κ3) is 10.5. The largest absolute Gasteiger partial charge is 0.480 e. The molecule has 0 aliphatic carbocycles. The summed E-state index contributed by atoms with van der Waals surface area (Å²) in [6, 6.07) is -3.54. The van der Waals surface area contributed by atoms with E-state index in [0.29, 0.717) is 0 Å². The van der Waals surface area contributed by atoms with Crippen molar-refractivity contribution in [2.75, 3.05) is 18.1 Å². The fourth-order valence-corrected chi connectivity index (χ4v) is 2.53. The van der Waals surface area contributed by atoms with Gasteiger partial charge in [0.05, 0.1) is 0 Å². The van der Waals surface area contributed by atoms with Crippen molar-refractivity contribution in [1.29, 1.82) is 0 Å². The maximum atomic E-state index is 12.0. The zero-order valence-corrected chi connectivity index (χ0v) is 14.5. The van der Waals surface area contributed by atoms with Crippen LogP contribution in [0, 0.1) is 0 Å². The summed E-state index contributed by atoms with van der Waals surface area (Å²) in [5, 5.41) is 30.4. The van der Waals surface area contributed by atoms with Crippen LogP contribution >= 0.6 is 11.8 Å². The molecule has 148 valence electrons. The van der Waals surface area contributed by atoms with E-state index in [1.165, 1.54) is 0 Å². The maximum absolute atomic E-state index is 12.0. The molecule has 0 heterocycles. The summed E-state index contributed by atoms with van der Waals surface area (Å²) in [5.74, 6) is -5.29. The predicted octanol–water partition coefficient (Wildman–Crippen LogP) is -2.99. The van der Waals surface area contributed by atoms with Crippen molar-refractivity contribution in [1.82, 2.24) is 10.6 Å². The molecular formula is C13H22N4O8S. The Bertz CT molecular complexity index is 544. The van der Waals surface area contributed by atoms with Crippen molar-refractivity contribution in [3.8, 4) is 0 Å². The van der Waals surface area contributed by atoms with Gasteiger partial charge >= 0.3 is 17.9 Å². The number of carboxylic acids is 3. The van der Waals surface area contributed by atoms with Gasteiger partial charge in [-0.3, -0.25) is 24.0 Å². The van der Waals surface area contributed by atoms with Gasteiger partial charge in [0.25, 0.3) is 0 Å². The Labute approximate surface area is 152 Å². The van der Waals surface area contributed by atoms with E-state index in [0.717, 1.165) is 11.8 Å². The van der Waals surface area contributed by atoms with E-state index in [1.54, 1.807) is 0 Å². The van der Waals surface area contributed by atoms with Crippen LogP contribution in [0.3, 0.4) is 0 Å². The van der Waals surface area contributed by atoms with Gasteiger partial charge in [0.1, 0.15) is 24.7 Å². The molecule has 26 heavy (non-hydrogen) atoms. The molecule has 0 unspecified atom stereocenters. The number of amides is 2. The van der Waals surface area contributed by atoms with Gasteiger partial charge in [-0.1, -0.05) is 0 Å². The quantitative estimate of drug-likeness (QED) is 0.167. The van der Waals surface area contributed by atoms with Crippen LogP contribution in [-0.4, -0.2) is 81.2 Å². The number of carbonyl (C=O) groups is 5. The molecule has 0 radical (unpaired) electrons. The number of carboxylic acid groups (broad SMARTS) is 3. The normalized spacial score (nSPS) is 13.9. The van der Waals surface area contributed by atoms with Crippen LogP contribution in [0.2, 0.25) is 0 Å². The highest BCUT2D eigenvalue weighted by Crippen LogP contribution is 2.06. The minimum absolute atomic E-state index is 0.0300. The first kappa shape index (κ1) is 23.6. The van der Waals surface area contributed by atoms with E-state index in [4.69, 9.17) is 26.8 Å². The highest BCUT2D eigenvalue weighted by atomic mass is 32.2. The van der Waals surface area contributed by atoms with Crippen LogP contribution < -0.4 is 22.1 Å². The summed E-state index contributed by atoms with van der Waals surface area (Å²) in [7, 11) is 0. The van der Waals surface area contributed by atoms with Crippen LogP contribution in [0.4, 0.5) is 0 Å². The third-order valence-electron chi connectivity index (χ3n) is 2.96. The summed E-state index contributed by atoms with van der Waals surface area (Å²) in [6.07, 6.45) is -0.406. The number of thioether (sulfide) groups is 1. The molecule has 0 saturated carbocycles. The van der Waals surface area contributed by atoms with E-state index < -0.39 is 54.4 Å². The van der Waals surface area contributed by atoms with Crippen molar-refractivity contribution >= 4 is 41.5 Å². The van der Waals surface area contributed by atoms with Crippen molar-refractivity contribution in [3.63, 3.8) is 0 Å². The number of rotatable bonds is 13. The number of hydrogen-bond acceptors (Lipinski definition) is 8. The first-order valence-corrected chi connectivity index (χ1v) is 8.53. The Kier molecular flexibility index (Phi) is 10.9. The Morgan fingerprint density at radius 3 is 2.00 bits per heavy atom. The monoisotopic (exact) mass is 394 g/mol. The van der Waals surface area contributed by atoms with Gasteiger partial charge in [-0.15, -0.1) is 0 Å². The molecule has 0 saturated heterocycles. The second-order valence-electron chi connectivity index (χ2n) is 5.20. The van der Waals surface area contributed by atoms with Gasteiger partial charge in [-0.05, 0) is 6.42 Å². The zero-order chi connectivity index (χ0) is 20.3. The second kappa shape index (κ2) is 12.1. The number of nitrogens with two attached hydrogens (primary N) is 2. The van der Waals surface area contributed by atoms with Gasteiger partial charge in [-0.2, -0.15) is 11.8 Å². The second-order valence-corrected chi connectivity index (χ2v) is 6.27. The first-order chi connectivity index (χ1) is 12.0. The Morgan fingerprint density at radius 2 is 1.50 bits per heavy atom. The Hall–Kier alpha value is -2.38. The van der Waals surface area contributed by atoms with Crippen LogP contribution in [0.15, 0.2) is 0 Å². The van der Waals surface area contributed by atoms with Crippen LogP contribution in [0.1, 0.15) is 12.8 Å². The Balaban J connectivity index is 4.67. The molecule has 0 rings (SSSR count). The van der Waals surface area contributed by atoms with E-state index in [2.05, 4.69) is 10.6 Å². The van der Waals surface area contributed by atoms with Crippen LogP contribution in [-0.2, 0) is 24.0 Å². The fourth-order valence-electron chi connectivity index (χ4n) is 1.53. The predicted molar refractivity (Wildman–Crippen MR) is 90.4 cm³/mol. The minimum atomic E-state index is -1.28. The van der Waals surface area contributed by atoms with E-state index in [9.17, 15) is 24.0 Å². The molecule has 12 nitrogen and oxygen atoms in total. The number of aliphatic carboxylic acids is 3. The lowest BCUT2D eigenvalue weighted by molar-refractivity contribution is -0.139. The molecule has 0 aromatic rings. The highest BCUT2D eigenvalue weighted by Gasteiger charge is 2.23. The molecular weight excluding hydrogens is 372 g/mol. The molecule has 3 atom stereocenters. The highest BCUT2D eigenvalue weighted by molar-refractivity contribution is 7.99. The van der Waals surface area contributed by atoms with Crippen molar-refractivity contribution < 1.29 is 39.3 Å². The lowest BCUT2D eigenvalue weighted by Gasteiger charge is -2.18. The van der Waals surface area contributed by atoms with Gasteiger partial charge in [-0.25, -0.2) is 0 Å². The summed E-state index contributed by atoms with van der Waals surface area (Å²) in [4.78, 5) is 55.6. The molecule has 0 aliphatic heterocycles. The molecule has 0 fully saturated rings. The first-order valence-electron chi connectivity index (χ1n) is 7.38. The lowest BCUT2D eigenvalue weighted by atomic mass is 10.1. The van der Waals surface area contributed by atoms with E-state index >= 15 is 0 Å². The topological polar surface area (TPSA) is 222 Å². The maximum Gasteiger partial charge on any atom is 0.322 e. The number of nitrogens with one attached hydrogen (secondary N) is 2. The van der Waals surface area contributed by atoms with E-state index in [1.807, 2.05) is 0 Å². The van der Waals surface area contributed by atoms with Crippen molar-refractivity contribution in [2.45, 2.75) is 31.0 Å². The van der Waals surface area contributed by atoms with Crippen LogP contribution in [0.25, 0.3) is 0 Å². The van der Waals surface area contributed by atoms with Gasteiger partial charge in [0.2, 0.25) is 11.8 Å². The SMILES string of the molecule is N[C@H](CCC(=O)N[C@H](CSC[C@H](N)C(=O)O)C(=O)NCC(=O)O)C(=O)O. The van der Waals surface area contributed by atoms with Gasteiger partial charge in [0, 0.05) is 17.9 Å². The lowest BCUT2D eigenvalue weighted by Crippen LogP contribution is -2.49. The zero-order valence-electron chi connectivity index (χ0n) is 13.7. The molecule has 2 amide bonds. The molecule has 0 aliphatic rings. The molecule has 0 aromatic heterocycles. The Morgan fingerprint density at radius 1 is 0.923 bits per heavy atom. The molecule has 9 N–H and O–H groups in total. The van der Waals surface area contributed by atoms with Crippen molar-refractivity contribution in [3.05, 3.63) is 0 Å². The third-order valence-corrected chi connectivity index (χ3v) is 4.13.